The number of rotatable bonds is 3. The van der Waals surface area contributed by atoms with Gasteiger partial charge in [0.05, 0.1) is 5.69 Å². The summed E-state index contributed by atoms with van der Waals surface area (Å²) < 4.78 is 0. The number of aromatic amines is 1. The quantitative estimate of drug-likeness (QED) is 0.898. The van der Waals surface area contributed by atoms with Gasteiger partial charge >= 0.3 is 6.03 Å². The van der Waals surface area contributed by atoms with Crippen LogP contribution in [0.15, 0.2) is 36.4 Å². The number of H-pyrrole nitrogens is 1. The zero-order chi connectivity index (χ0) is 17.1. The predicted molar refractivity (Wildman–Crippen MR) is 90.6 cm³/mol. The van der Waals surface area contributed by atoms with Crippen LogP contribution in [0.5, 0.6) is 0 Å². The molecular formula is C17H21N5O2. The Morgan fingerprint density at radius 1 is 1.29 bits per heavy atom. The number of likely N-dealkylation sites (tertiary alicyclic amines) is 1. The molecule has 2 heterocycles. The van der Waals surface area contributed by atoms with E-state index in [1.807, 2.05) is 30.3 Å². The Hall–Kier alpha value is -2.83. The Kier molecular flexibility index (Phi) is 4.50. The van der Waals surface area contributed by atoms with Crippen LogP contribution in [0.1, 0.15) is 16.9 Å². The number of benzene rings is 1. The maximum Gasteiger partial charge on any atom is 0.317 e. The SMILES string of the molecule is CN(C)C(=O)N[C@@H]1CCN(C(=O)c2cc(-c3ccccc3)n[nH]2)C1. The number of amides is 3. The molecule has 7 heteroatoms. The van der Waals surface area contributed by atoms with Gasteiger partial charge in [0.2, 0.25) is 0 Å². The van der Waals surface area contributed by atoms with E-state index in [-0.39, 0.29) is 18.0 Å². The van der Waals surface area contributed by atoms with Gasteiger partial charge in [-0.25, -0.2) is 4.79 Å². The maximum atomic E-state index is 12.6. The average molecular weight is 327 g/mol. The van der Waals surface area contributed by atoms with Gasteiger partial charge in [-0.05, 0) is 12.5 Å². The fourth-order valence-corrected chi connectivity index (χ4v) is 2.72. The van der Waals surface area contributed by atoms with Crippen LogP contribution in [0.25, 0.3) is 11.3 Å². The van der Waals surface area contributed by atoms with Gasteiger partial charge in [-0.2, -0.15) is 5.10 Å². The minimum Gasteiger partial charge on any atom is -0.335 e. The first-order valence-electron chi connectivity index (χ1n) is 7.92. The van der Waals surface area contributed by atoms with Crippen LogP contribution in [-0.2, 0) is 0 Å². The van der Waals surface area contributed by atoms with Gasteiger partial charge in [-0.3, -0.25) is 9.89 Å². The molecule has 1 aromatic heterocycles. The summed E-state index contributed by atoms with van der Waals surface area (Å²) in [4.78, 5) is 27.5. The first-order chi connectivity index (χ1) is 11.5. The van der Waals surface area contributed by atoms with E-state index in [0.717, 1.165) is 17.7 Å². The molecule has 0 bridgehead atoms. The van der Waals surface area contributed by atoms with Gasteiger partial charge in [0.15, 0.2) is 0 Å². The Morgan fingerprint density at radius 3 is 2.75 bits per heavy atom. The van der Waals surface area contributed by atoms with Crippen molar-refractivity contribution in [1.82, 2.24) is 25.3 Å². The number of urea groups is 1. The van der Waals surface area contributed by atoms with Crippen LogP contribution in [0.4, 0.5) is 4.79 Å². The zero-order valence-corrected chi connectivity index (χ0v) is 13.8. The summed E-state index contributed by atoms with van der Waals surface area (Å²) >= 11 is 0. The summed E-state index contributed by atoms with van der Waals surface area (Å²) in [7, 11) is 3.39. The van der Waals surface area contributed by atoms with Crippen LogP contribution < -0.4 is 5.32 Å². The Bertz CT molecular complexity index is 726. The van der Waals surface area contributed by atoms with Gasteiger partial charge < -0.3 is 15.1 Å². The summed E-state index contributed by atoms with van der Waals surface area (Å²) in [6.45, 7) is 1.13. The van der Waals surface area contributed by atoms with Crippen molar-refractivity contribution in [2.45, 2.75) is 12.5 Å². The number of nitrogens with zero attached hydrogens (tertiary/aromatic N) is 3. The molecule has 1 aromatic carbocycles. The highest BCUT2D eigenvalue weighted by Gasteiger charge is 2.29. The molecule has 0 saturated carbocycles. The van der Waals surface area contributed by atoms with Crippen molar-refractivity contribution in [3.63, 3.8) is 0 Å². The lowest BCUT2D eigenvalue weighted by Gasteiger charge is -2.18. The Balaban J connectivity index is 1.64. The smallest absolute Gasteiger partial charge is 0.317 e. The summed E-state index contributed by atoms with van der Waals surface area (Å²) in [5.74, 6) is -0.0914. The zero-order valence-electron chi connectivity index (χ0n) is 13.8. The molecule has 1 aliphatic heterocycles. The fraction of sp³-hybridized carbons (Fsp3) is 0.353. The molecule has 0 aliphatic carbocycles. The molecule has 7 nitrogen and oxygen atoms in total. The number of nitrogens with one attached hydrogen (secondary N) is 2. The number of carbonyl (C=O) groups excluding carboxylic acids is 2. The van der Waals surface area contributed by atoms with Crippen molar-refractivity contribution in [2.24, 2.45) is 0 Å². The first-order valence-corrected chi connectivity index (χ1v) is 7.92. The van der Waals surface area contributed by atoms with Gasteiger partial charge in [-0.15, -0.1) is 0 Å². The van der Waals surface area contributed by atoms with Crippen molar-refractivity contribution in [3.8, 4) is 11.3 Å². The molecule has 0 unspecified atom stereocenters. The molecule has 1 fully saturated rings. The molecule has 3 amide bonds. The standard InChI is InChI=1S/C17H21N5O2/c1-21(2)17(24)18-13-8-9-22(11-13)16(23)15-10-14(19-20-15)12-6-4-3-5-7-12/h3-7,10,13H,8-9,11H2,1-2H3,(H,18,24)(H,19,20)/t13-/m1/s1. The highest BCUT2D eigenvalue weighted by atomic mass is 16.2. The van der Waals surface area contributed by atoms with E-state index in [0.29, 0.717) is 18.8 Å². The summed E-state index contributed by atoms with van der Waals surface area (Å²) in [6.07, 6.45) is 0.755. The minimum absolute atomic E-state index is 0.0136. The van der Waals surface area contributed by atoms with E-state index in [2.05, 4.69) is 15.5 Å². The normalized spacial score (nSPS) is 16.9. The van der Waals surface area contributed by atoms with Crippen molar-refractivity contribution >= 4 is 11.9 Å². The molecule has 1 atom stereocenters. The number of hydrogen-bond donors (Lipinski definition) is 2. The number of hydrogen-bond acceptors (Lipinski definition) is 3. The third-order valence-electron chi connectivity index (χ3n) is 4.09. The van der Waals surface area contributed by atoms with Crippen molar-refractivity contribution in [1.29, 1.82) is 0 Å². The molecule has 1 saturated heterocycles. The molecule has 2 N–H and O–H groups in total. The van der Waals surface area contributed by atoms with E-state index in [9.17, 15) is 9.59 Å². The van der Waals surface area contributed by atoms with Crippen LogP contribution in [0.2, 0.25) is 0 Å². The molecule has 126 valence electrons. The van der Waals surface area contributed by atoms with Crippen LogP contribution in [-0.4, -0.2) is 65.2 Å². The van der Waals surface area contributed by atoms with E-state index < -0.39 is 0 Å². The third-order valence-corrected chi connectivity index (χ3v) is 4.09. The summed E-state index contributed by atoms with van der Waals surface area (Å²) in [6, 6.07) is 11.3. The summed E-state index contributed by atoms with van der Waals surface area (Å²) in [5, 5.41) is 9.95. The van der Waals surface area contributed by atoms with Crippen LogP contribution >= 0.6 is 0 Å². The molecule has 0 radical (unpaired) electrons. The van der Waals surface area contributed by atoms with Crippen molar-refractivity contribution in [2.75, 3.05) is 27.2 Å². The third kappa shape index (κ3) is 3.40. The monoisotopic (exact) mass is 327 g/mol. The highest BCUT2D eigenvalue weighted by molar-refractivity contribution is 5.93. The number of carbonyl (C=O) groups is 2. The molecular weight excluding hydrogens is 306 g/mol. The molecule has 1 aliphatic rings. The second kappa shape index (κ2) is 6.74. The Labute approximate surface area is 140 Å². The molecule has 24 heavy (non-hydrogen) atoms. The predicted octanol–water partition coefficient (Wildman–Crippen LogP) is 1.56. The highest BCUT2D eigenvalue weighted by Crippen LogP contribution is 2.19. The molecule has 3 rings (SSSR count). The van der Waals surface area contributed by atoms with E-state index in [4.69, 9.17) is 0 Å². The second-order valence-corrected chi connectivity index (χ2v) is 6.11. The Morgan fingerprint density at radius 2 is 2.04 bits per heavy atom. The van der Waals surface area contributed by atoms with Crippen molar-refractivity contribution in [3.05, 3.63) is 42.1 Å². The summed E-state index contributed by atoms with van der Waals surface area (Å²) in [5.41, 5.74) is 2.18. The molecule has 2 aromatic rings. The number of aromatic nitrogens is 2. The van der Waals surface area contributed by atoms with E-state index in [1.54, 1.807) is 25.1 Å². The topological polar surface area (TPSA) is 81.3 Å². The first kappa shape index (κ1) is 16.0. The lowest BCUT2D eigenvalue weighted by atomic mass is 10.1. The largest absolute Gasteiger partial charge is 0.335 e. The van der Waals surface area contributed by atoms with E-state index in [1.165, 1.54) is 4.90 Å². The van der Waals surface area contributed by atoms with E-state index >= 15 is 0 Å². The fourth-order valence-electron chi connectivity index (χ4n) is 2.72. The van der Waals surface area contributed by atoms with Crippen molar-refractivity contribution < 1.29 is 9.59 Å². The maximum absolute atomic E-state index is 12.6. The van der Waals surface area contributed by atoms with Gasteiger partial charge in [0.1, 0.15) is 5.69 Å². The van der Waals surface area contributed by atoms with Gasteiger partial charge in [0, 0.05) is 38.8 Å². The lowest BCUT2D eigenvalue weighted by molar-refractivity contribution is 0.0783. The molecule has 0 spiro atoms. The van der Waals surface area contributed by atoms with Crippen LogP contribution in [0, 0.1) is 0 Å². The minimum atomic E-state index is -0.137. The van der Waals surface area contributed by atoms with Crippen LogP contribution in [0.3, 0.4) is 0 Å². The van der Waals surface area contributed by atoms with Gasteiger partial charge in [0.25, 0.3) is 5.91 Å². The average Bonchev–Trinajstić information content (AvgIpc) is 3.24. The van der Waals surface area contributed by atoms with Gasteiger partial charge in [-0.1, -0.05) is 30.3 Å². The lowest BCUT2D eigenvalue weighted by Crippen LogP contribution is -2.43. The second-order valence-electron chi connectivity index (χ2n) is 6.11.